The Morgan fingerprint density at radius 3 is 2.44 bits per heavy atom. The minimum absolute atomic E-state index is 0.0397. The van der Waals surface area contributed by atoms with E-state index in [4.69, 9.17) is 8.94 Å². The predicted molar refractivity (Wildman–Crippen MR) is 105 cm³/mol. The van der Waals surface area contributed by atoms with E-state index in [-0.39, 0.29) is 11.4 Å². The number of amides is 1. The summed E-state index contributed by atoms with van der Waals surface area (Å²) in [6, 6.07) is 3.76. The number of hydrogen-bond donors (Lipinski definition) is 0. The Morgan fingerprint density at radius 1 is 1.19 bits per heavy atom. The van der Waals surface area contributed by atoms with E-state index in [9.17, 15) is 4.79 Å². The Morgan fingerprint density at radius 2 is 1.89 bits per heavy atom. The van der Waals surface area contributed by atoms with Crippen molar-refractivity contribution in [2.24, 2.45) is 0 Å². The average Bonchev–Trinajstić information content (AvgIpc) is 3.12. The van der Waals surface area contributed by atoms with Gasteiger partial charge in [-0.25, -0.2) is 4.98 Å². The summed E-state index contributed by atoms with van der Waals surface area (Å²) in [4.78, 5) is 20.0. The van der Waals surface area contributed by atoms with Crippen molar-refractivity contribution in [2.75, 3.05) is 6.54 Å². The maximum Gasteiger partial charge on any atom is 0.259 e. The zero-order valence-electron chi connectivity index (χ0n) is 17.1. The standard InChI is InChI=1S/C21H27N3O3/c1-8-9-24(21(5,6)7)20(25)16-11-17(15-10-12(2)26-14(15)4)22-19-18(16)13(3)23-27-19/h10-11H,8-9H2,1-7H3. The van der Waals surface area contributed by atoms with Crippen LogP contribution < -0.4 is 0 Å². The highest BCUT2D eigenvalue weighted by molar-refractivity contribution is 6.07. The number of hydrogen-bond acceptors (Lipinski definition) is 5. The van der Waals surface area contributed by atoms with Crippen LogP contribution in [0.3, 0.4) is 0 Å². The van der Waals surface area contributed by atoms with Crippen molar-refractivity contribution in [3.63, 3.8) is 0 Å². The third-order valence-corrected chi connectivity index (χ3v) is 4.67. The second-order valence-electron chi connectivity index (χ2n) is 7.96. The van der Waals surface area contributed by atoms with Crippen molar-refractivity contribution in [3.8, 4) is 11.3 Å². The van der Waals surface area contributed by atoms with Crippen LogP contribution in [-0.4, -0.2) is 33.0 Å². The molecule has 0 aliphatic heterocycles. The van der Waals surface area contributed by atoms with Crippen LogP contribution in [0, 0.1) is 20.8 Å². The Kier molecular flexibility index (Phi) is 4.84. The Labute approximate surface area is 159 Å². The summed E-state index contributed by atoms with van der Waals surface area (Å²) in [6.45, 7) is 14.5. The first-order valence-corrected chi connectivity index (χ1v) is 9.30. The first kappa shape index (κ1) is 19.1. The molecular formula is C21H27N3O3. The van der Waals surface area contributed by atoms with Gasteiger partial charge in [0.05, 0.1) is 22.3 Å². The molecule has 0 bridgehead atoms. The van der Waals surface area contributed by atoms with Crippen molar-refractivity contribution in [1.82, 2.24) is 15.0 Å². The quantitative estimate of drug-likeness (QED) is 0.643. The molecule has 6 nitrogen and oxygen atoms in total. The lowest BCUT2D eigenvalue weighted by Gasteiger charge is -2.35. The molecule has 3 aromatic heterocycles. The molecule has 0 aliphatic carbocycles. The molecule has 0 N–H and O–H groups in total. The Hall–Kier alpha value is -2.63. The maximum absolute atomic E-state index is 13.5. The van der Waals surface area contributed by atoms with Crippen molar-refractivity contribution < 1.29 is 13.7 Å². The van der Waals surface area contributed by atoms with E-state index in [1.54, 1.807) is 0 Å². The van der Waals surface area contributed by atoms with Gasteiger partial charge in [0.15, 0.2) is 0 Å². The molecule has 0 radical (unpaired) electrons. The van der Waals surface area contributed by atoms with E-state index in [1.807, 2.05) is 58.6 Å². The van der Waals surface area contributed by atoms with Crippen molar-refractivity contribution in [3.05, 3.63) is 34.9 Å². The smallest absolute Gasteiger partial charge is 0.259 e. The van der Waals surface area contributed by atoms with Gasteiger partial charge in [0, 0.05) is 17.6 Å². The van der Waals surface area contributed by atoms with Crippen molar-refractivity contribution in [1.29, 1.82) is 0 Å². The summed E-state index contributed by atoms with van der Waals surface area (Å²) in [5, 5.41) is 4.71. The summed E-state index contributed by atoms with van der Waals surface area (Å²) < 4.78 is 11.1. The number of rotatable bonds is 4. The fraction of sp³-hybridized carbons (Fsp3) is 0.476. The van der Waals surface area contributed by atoms with E-state index in [0.29, 0.717) is 34.6 Å². The van der Waals surface area contributed by atoms with Gasteiger partial charge in [0.25, 0.3) is 11.6 Å². The first-order chi connectivity index (χ1) is 12.6. The normalized spacial score (nSPS) is 12.0. The van der Waals surface area contributed by atoms with E-state index < -0.39 is 0 Å². The summed E-state index contributed by atoms with van der Waals surface area (Å²) in [5.41, 5.74) is 2.82. The third kappa shape index (κ3) is 3.48. The van der Waals surface area contributed by atoms with Crippen LogP contribution >= 0.6 is 0 Å². The number of pyridine rings is 1. The lowest BCUT2D eigenvalue weighted by atomic mass is 10.0. The molecule has 27 heavy (non-hydrogen) atoms. The molecular weight excluding hydrogens is 342 g/mol. The molecule has 0 aliphatic rings. The topological polar surface area (TPSA) is 72.4 Å². The van der Waals surface area contributed by atoms with Crippen LogP contribution in [0.4, 0.5) is 0 Å². The highest BCUT2D eigenvalue weighted by atomic mass is 16.5. The monoisotopic (exact) mass is 369 g/mol. The fourth-order valence-electron chi connectivity index (χ4n) is 3.40. The SMILES string of the molecule is CCCN(C(=O)c1cc(-c2cc(C)oc2C)nc2onc(C)c12)C(C)(C)C. The number of aryl methyl sites for hydroxylation is 3. The van der Waals surface area contributed by atoms with Gasteiger partial charge >= 0.3 is 0 Å². The number of carbonyl (C=O) groups excluding carboxylic acids is 1. The molecule has 0 spiro atoms. The average molecular weight is 369 g/mol. The van der Waals surface area contributed by atoms with Crippen LogP contribution in [0.25, 0.3) is 22.4 Å². The van der Waals surface area contributed by atoms with Gasteiger partial charge in [-0.1, -0.05) is 12.1 Å². The molecule has 3 rings (SSSR count). The molecule has 0 aromatic carbocycles. The van der Waals surface area contributed by atoms with Gasteiger partial charge in [-0.2, -0.15) is 0 Å². The molecule has 1 amide bonds. The number of fused-ring (bicyclic) bond motifs is 1. The van der Waals surface area contributed by atoms with Gasteiger partial charge in [0.2, 0.25) is 0 Å². The largest absolute Gasteiger partial charge is 0.466 e. The van der Waals surface area contributed by atoms with Gasteiger partial charge in [0.1, 0.15) is 11.5 Å². The Bertz CT molecular complexity index is 992. The van der Waals surface area contributed by atoms with Gasteiger partial charge in [-0.3, -0.25) is 4.79 Å². The summed E-state index contributed by atoms with van der Waals surface area (Å²) >= 11 is 0. The summed E-state index contributed by atoms with van der Waals surface area (Å²) in [5.74, 6) is 1.52. The van der Waals surface area contributed by atoms with Gasteiger partial charge < -0.3 is 13.8 Å². The molecule has 3 aromatic rings. The zero-order valence-corrected chi connectivity index (χ0v) is 17.1. The summed E-state index contributed by atoms with van der Waals surface area (Å²) in [7, 11) is 0. The second kappa shape index (κ2) is 6.83. The Balaban J connectivity index is 2.23. The maximum atomic E-state index is 13.5. The molecule has 0 saturated carbocycles. The number of aromatic nitrogens is 2. The van der Waals surface area contributed by atoms with Crippen molar-refractivity contribution >= 4 is 17.0 Å². The molecule has 144 valence electrons. The molecule has 0 fully saturated rings. The van der Waals surface area contributed by atoms with E-state index in [0.717, 1.165) is 23.5 Å². The van der Waals surface area contributed by atoms with Crippen LogP contribution in [0.1, 0.15) is 61.7 Å². The predicted octanol–water partition coefficient (Wildman–Crippen LogP) is 5.06. The van der Waals surface area contributed by atoms with E-state index >= 15 is 0 Å². The van der Waals surface area contributed by atoms with Gasteiger partial charge in [-0.05, 0) is 60.1 Å². The second-order valence-corrected chi connectivity index (χ2v) is 7.96. The molecule has 6 heteroatoms. The number of carbonyl (C=O) groups is 1. The minimum Gasteiger partial charge on any atom is -0.466 e. The van der Waals surface area contributed by atoms with Crippen LogP contribution in [0.15, 0.2) is 21.1 Å². The fourth-order valence-corrected chi connectivity index (χ4v) is 3.40. The summed E-state index contributed by atoms with van der Waals surface area (Å²) in [6.07, 6.45) is 0.882. The molecule has 0 saturated heterocycles. The van der Waals surface area contributed by atoms with Crippen LogP contribution in [0.5, 0.6) is 0 Å². The van der Waals surface area contributed by atoms with E-state index in [1.165, 1.54) is 0 Å². The van der Waals surface area contributed by atoms with E-state index in [2.05, 4.69) is 17.1 Å². The molecule has 0 unspecified atom stereocenters. The first-order valence-electron chi connectivity index (χ1n) is 9.30. The zero-order chi connectivity index (χ0) is 19.9. The third-order valence-electron chi connectivity index (χ3n) is 4.67. The highest BCUT2D eigenvalue weighted by Crippen LogP contribution is 2.32. The number of nitrogens with zero attached hydrogens (tertiary/aromatic N) is 3. The van der Waals surface area contributed by atoms with Crippen LogP contribution in [0.2, 0.25) is 0 Å². The van der Waals surface area contributed by atoms with Gasteiger partial charge in [-0.15, -0.1) is 0 Å². The van der Waals surface area contributed by atoms with Crippen molar-refractivity contribution in [2.45, 2.75) is 60.4 Å². The highest BCUT2D eigenvalue weighted by Gasteiger charge is 2.30. The minimum atomic E-state index is -0.296. The molecule has 3 heterocycles. The van der Waals surface area contributed by atoms with Crippen LogP contribution in [-0.2, 0) is 0 Å². The lowest BCUT2D eigenvalue weighted by molar-refractivity contribution is 0.0584. The number of furan rings is 1. The molecule has 0 atom stereocenters. The lowest BCUT2D eigenvalue weighted by Crippen LogP contribution is -2.46.